The van der Waals surface area contributed by atoms with Crippen LogP contribution in [0, 0.1) is 0 Å². The Morgan fingerprint density at radius 2 is 1.67 bits per heavy atom. The lowest BCUT2D eigenvalue weighted by atomic mass is 9.81. The maximum Gasteiger partial charge on any atom is 0.165 e. The highest BCUT2D eigenvalue weighted by molar-refractivity contribution is 5.95. The molecule has 2 heterocycles. The van der Waals surface area contributed by atoms with Gasteiger partial charge in [0.1, 0.15) is 11.5 Å². The number of hydrogen-bond acceptors (Lipinski definition) is 7. The molecule has 1 aliphatic rings. The van der Waals surface area contributed by atoms with E-state index in [0.29, 0.717) is 23.6 Å². The van der Waals surface area contributed by atoms with Crippen LogP contribution in [0.5, 0.6) is 11.5 Å². The zero-order valence-corrected chi connectivity index (χ0v) is 22.3. The van der Waals surface area contributed by atoms with Crippen molar-refractivity contribution in [2.75, 3.05) is 25.3 Å². The van der Waals surface area contributed by atoms with Gasteiger partial charge in [0.2, 0.25) is 0 Å². The first kappa shape index (κ1) is 26.2. The molecule has 0 aliphatic carbocycles. The third-order valence-corrected chi connectivity index (χ3v) is 7.32. The van der Waals surface area contributed by atoms with Crippen molar-refractivity contribution in [3.8, 4) is 22.8 Å². The molecule has 7 heteroatoms. The van der Waals surface area contributed by atoms with Gasteiger partial charge in [0.15, 0.2) is 5.82 Å². The van der Waals surface area contributed by atoms with Crippen molar-refractivity contribution in [3.05, 3.63) is 42.5 Å². The van der Waals surface area contributed by atoms with Crippen molar-refractivity contribution >= 4 is 16.6 Å². The van der Waals surface area contributed by atoms with Gasteiger partial charge in [0.05, 0.1) is 12.3 Å². The predicted molar refractivity (Wildman–Crippen MR) is 145 cm³/mol. The third kappa shape index (κ3) is 5.42. The fourth-order valence-electron chi connectivity index (χ4n) is 5.70. The number of unbranched alkanes of at least 4 members (excludes halogenated alkanes) is 2. The van der Waals surface area contributed by atoms with E-state index in [2.05, 4.69) is 55.0 Å². The molecule has 1 saturated heterocycles. The molecule has 1 fully saturated rings. The Hall–Kier alpha value is -2.90. The van der Waals surface area contributed by atoms with Crippen LogP contribution in [-0.2, 0) is 0 Å². The van der Waals surface area contributed by atoms with Gasteiger partial charge in [-0.15, -0.1) is 10.2 Å². The average molecular weight is 493 g/mol. The van der Waals surface area contributed by atoms with E-state index < -0.39 is 0 Å². The van der Waals surface area contributed by atoms with E-state index in [9.17, 15) is 5.11 Å². The van der Waals surface area contributed by atoms with Gasteiger partial charge in [0.25, 0.3) is 0 Å². The van der Waals surface area contributed by atoms with Crippen LogP contribution in [0.25, 0.3) is 22.0 Å². The van der Waals surface area contributed by atoms with Gasteiger partial charge >= 0.3 is 0 Å². The summed E-state index contributed by atoms with van der Waals surface area (Å²) < 4.78 is 5.86. The van der Waals surface area contributed by atoms with Crippen molar-refractivity contribution in [3.63, 3.8) is 0 Å². The number of phenols is 1. The summed E-state index contributed by atoms with van der Waals surface area (Å²) in [4.78, 5) is 0. The SMILES string of the molecule is CN(c1ccc(-c2ccc3ccc(OCCCCCO)cc3c2O)nn1)N1C(C)(C)CCCC1(C)C. The summed E-state index contributed by atoms with van der Waals surface area (Å²) >= 11 is 0. The smallest absolute Gasteiger partial charge is 0.165 e. The standard InChI is InChI=1S/C29H40N4O3/c1-28(2)16-9-17-29(3,4)33(28)32(5)26-15-14-25(30-31-26)23-13-11-21-10-12-22(20-24(21)27(23)35)36-19-8-6-7-18-34/h10-15,20,34-35H,6-9,16-19H2,1-5H3. The highest BCUT2D eigenvalue weighted by Gasteiger charge is 2.44. The number of aromatic hydroxyl groups is 1. The Morgan fingerprint density at radius 3 is 2.33 bits per heavy atom. The predicted octanol–water partition coefficient (Wildman–Crippen LogP) is 5.94. The molecule has 0 spiro atoms. The summed E-state index contributed by atoms with van der Waals surface area (Å²) in [6.07, 6.45) is 6.07. The molecule has 36 heavy (non-hydrogen) atoms. The Kier molecular flexibility index (Phi) is 7.71. The van der Waals surface area contributed by atoms with E-state index in [1.165, 1.54) is 6.42 Å². The normalized spacial score (nSPS) is 17.3. The van der Waals surface area contributed by atoms with Crippen LogP contribution in [0.3, 0.4) is 0 Å². The molecule has 7 nitrogen and oxygen atoms in total. The Balaban J connectivity index is 1.56. The monoisotopic (exact) mass is 492 g/mol. The largest absolute Gasteiger partial charge is 0.507 e. The van der Waals surface area contributed by atoms with E-state index in [4.69, 9.17) is 9.84 Å². The minimum Gasteiger partial charge on any atom is -0.507 e. The number of aromatic nitrogens is 2. The first-order valence-electron chi connectivity index (χ1n) is 13.0. The van der Waals surface area contributed by atoms with Crippen LogP contribution in [0.4, 0.5) is 5.82 Å². The first-order valence-corrected chi connectivity index (χ1v) is 13.0. The minimum absolute atomic E-state index is 0.0199. The molecular formula is C29H40N4O3. The van der Waals surface area contributed by atoms with Crippen molar-refractivity contribution in [1.82, 2.24) is 15.2 Å². The fraction of sp³-hybridized carbons (Fsp3) is 0.517. The summed E-state index contributed by atoms with van der Waals surface area (Å²) in [5.74, 6) is 1.67. The van der Waals surface area contributed by atoms with Crippen molar-refractivity contribution in [1.29, 1.82) is 0 Å². The molecule has 0 unspecified atom stereocenters. The van der Waals surface area contributed by atoms with Crippen molar-refractivity contribution < 1.29 is 14.9 Å². The zero-order valence-electron chi connectivity index (χ0n) is 22.3. The van der Waals surface area contributed by atoms with E-state index in [-0.39, 0.29) is 23.4 Å². The Bertz CT molecular complexity index is 1160. The van der Waals surface area contributed by atoms with Gasteiger partial charge in [-0.1, -0.05) is 12.1 Å². The quantitative estimate of drug-likeness (QED) is 0.358. The van der Waals surface area contributed by atoms with Gasteiger partial charge in [-0.3, -0.25) is 5.01 Å². The van der Waals surface area contributed by atoms with E-state index >= 15 is 0 Å². The fourth-order valence-corrected chi connectivity index (χ4v) is 5.70. The van der Waals surface area contributed by atoms with Crippen LogP contribution >= 0.6 is 0 Å². The summed E-state index contributed by atoms with van der Waals surface area (Å²) in [7, 11) is 2.05. The van der Waals surface area contributed by atoms with E-state index in [0.717, 1.165) is 48.7 Å². The maximum absolute atomic E-state index is 11.1. The molecule has 3 aromatic rings. The molecule has 0 amide bonds. The van der Waals surface area contributed by atoms with Gasteiger partial charge in [0, 0.05) is 35.7 Å². The van der Waals surface area contributed by atoms with E-state index in [1.54, 1.807) is 0 Å². The molecule has 0 saturated carbocycles. The number of nitrogens with zero attached hydrogens (tertiary/aromatic N) is 4. The zero-order chi connectivity index (χ0) is 25.9. The summed E-state index contributed by atoms with van der Waals surface area (Å²) in [6, 6.07) is 13.5. The van der Waals surface area contributed by atoms with Gasteiger partial charge in [-0.25, -0.2) is 5.01 Å². The Morgan fingerprint density at radius 1 is 0.944 bits per heavy atom. The lowest BCUT2D eigenvalue weighted by Gasteiger charge is -2.56. The number of aliphatic hydroxyl groups excluding tert-OH is 1. The molecular weight excluding hydrogens is 452 g/mol. The number of phenolic OH excluding ortho intramolecular Hbond substituents is 1. The number of ether oxygens (including phenoxy) is 1. The van der Waals surface area contributed by atoms with Gasteiger partial charge < -0.3 is 14.9 Å². The van der Waals surface area contributed by atoms with Crippen LogP contribution in [0.1, 0.15) is 66.2 Å². The lowest BCUT2D eigenvalue weighted by Crippen LogP contribution is -2.64. The second-order valence-electron chi connectivity index (χ2n) is 11.1. The molecule has 0 atom stereocenters. The molecule has 1 aliphatic heterocycles. The number of fused-ring (bicyclic) bond motifs is 1. The number of benzene rings is 2. The molecule has 4 rings (SSSR count). The number of hydrogen-bond donors (Lipinski definition) is 2. The molecule has 194 valence electrons. The third-order valence-electron chi connectivity index (χ3n) is 7.32. The minimum atomic E-state index is 0.0199. The van der Waals surface area contributed by atoms with Gasteiger partial charge in [-0.2, -0.15) is 0 Å². The number of piperidine rings is 1. The second-order valence-corrected chi connectivity index (χ2v) is 11.1. The number of anilines is 1. The van der Waals surface area contributed by atoms with E-state index in [1.807, 2.05) is 42.5 Å². The molecule has 0 radical (unpaired) electrons. The molecule has 2 aromatic carbocycles. The van der Waals surface area contributed by atoms with Crippen LogP contribution in [-0.4, -0.2) is 56.8 Å². The van der Waals surface area contributed by atoms with Crippen LogP contribution < -0.4 is 9.75 Å². The van der Waals surface area contributed by atoms with Crippen molar-refractivity contribution in [2.45, 2.75) is 77.3 Å². The van der Waals surface area contributed by atoms with Crippen LogP contribution in [0.2, 0.25) is 0 Å². The summed E-state index contributed by atoms with van der Waals surface area (Å²) in [5.41, 5.74) is 1.31. The Labute approximate surface area is 214 Å². The topological polar surface area (TPSA) is 82.0 Å². The maximum atomic E-state index is 11.1. The number of aliphatic hydroxyl groups is 1. The first-order chi connectivity index (χ1) is 17.1. The molecule has 2 N–H and O–H groups in total. The average Bonchev–Trinajstić information content (AvgIpc) is 2.83. The lowest BCUT2D eigenvalue weighted by molar-refractivity contribution is -0.0332. The summed E-state index contributed by atoms with van der Waals surface area (Å²) in [6.45, 7) is 9.93. The number of rotatable bonds is 9. The summed E-state index contributed by atoms with van der Waals surface area (Å²) in [5, 5.41) is 35.3. The van der Waals surface area contributed by atoms with Gasteiger partial charge in [-0.05, 0) is 102 Å². The van der Waals surface area contributed by atoms with Crippen molar-refractivity contribution in [2.24, 2.45) is 0 Å². The highest BCUT2D eigenvalue weighted by atomic mass is 16.5. The molecule has 0 bridgehead atoms. The molecule has 1 aromatic heterocycles. The van der Waals surface area contributed by atoms with Crippen LogP contribution in [0.15, 0.2) is 42.5 Å². The second kappa shape index (κ2) is 10.6. The highest BCUT2D eigenvalue weighted by Crippen LogP contribution is 2.41. The number of hydrazine groups is 1.